The Morgan fingerprint density at radius 3 is 2.24 bits per heavy atom. The number of hydrogen-bond donors (Lipinski definition) is 1. The number of carbonyl (C=O) groups excluding carboxylic acids is 2. The summed E-state index contributed by atoms with van der Waals surface area (Å²) in [6, 6.07) is 24.2. The summed E-state index contributed by atoms with van der Waals surface area (Å²) < 4.78 is 0. The molecule has 1 atom stereocenters. The van der Waals surface area contributed by atoms with Crippen molar-refractivity contribution in [3.8, 4) is 0 Å². The summed E-state index contributed by atoms with van der Waals surface area (Å²) in [5, 5.41) is 3.85. The Morgan fingerprint density at radius 1 is 0.912 bits per heavy atom. The monoisotopic (exact) mass is 514 g/mol. The first-order valence-corrected chi connectivity index (χ1v) is 12.9. The third-order valence-corrected chi connectivity index (χ3v) is 7.00. The minimum absolute atomic E-state index is 0.118. The molecular formula is C27H28Cl2N2O2S. The third kappa shape index (κ3) is 7.79. The van der Waals surface area contributed by atoms with Crippen LogP contribution in [0.3, 0.4) is 0 Å². The molecule has 0 aliphatic rings. The summed E-state index contributed by atoms with van der Waals surface area (Å²) in [7, 11) is 0. The molecule has 0 bridgehead atoms. The predicted molar refractivity (Wildman–Crippen MR) is 141 cm³/mol. The van der Waals surface area contributed by atoms with Crippen LogP contribution in [0.2, 0.25) is 10.0 Å². The van der Waals surface area contributed by atoms with Crippen LogP contribution >= 0.6 is 35.0 Å². The van der Waals surface area contributed by atoms with Crippen molar-refractivity contribution in [1.29, 1.82) is 0 Å². The van der Waals surface area contributed by atoms with E-state index in [2.05, 4.69) is 5.32 Å². The van der Waals surface area contributed by atoms with Crippen molar-refractivity contribution in [3.63, 3.8) is 0 Å². The van der Waals surface area contributed by atoms with E-state index in [1.54, 1.807) is 17.0 Å². The lowest BCUT2D eigenvalue weighted by molar-refractivity contribution is -0.139. The molecule has 2 amide bonds. The van der Waals surface area contributed by atoms with E-state index in [1.807, 2.05) is 73.7 Å². The van der Waals surface area contributed by atoms with Crippen LogP contribution in [0.15, 0.2) is 83.8 Å². The highest BCUT2D eigenvalue weighted by molar-refractivity contribution is 8.00. The summed E-state index contributed by atoms with van der Waals surface area (Å²) >= 11 is 13.8. The molecule has 3 rings (SSSR count). The molecule has 0 heterocycles. The molecule has 178 valence electrons. The highest BCUT2D eigenvalue weighted by Crippen LogP contribution is 2.25. The van der Waals surface area contributed by atoms with Crippen molar-refractivity contribution >= 4 is 46.8 Å². The van der Waals surface area contributed by atoms with Crippen LogP contribution < -0.4 is 5.32 Å². The SMILES string of the molecule is CCCNC(=O)[C@@H](Cc1ccccc1)N(Cc1ccc(Cl)c(Cl)c1)C(=O)CSc1ccccc1. The maximum Gasteiger partial charge on any atom is 0.243 e. The Labute approximate surface area is 215 Å². The number of amides is 2. The van der Waals surface area contributed by atoms with Gasteiger partial charge in [0.15, 0.2) is 0 Å². The Morgan fingerprint density at radius 2 is 1.59 bits per heavy atom. The van der Waals surface area contributed by atoms with Gasteiger partial charge in [0.1, 0.15) is 6.04 Å². The van der Waals surface area contributed by atoms with E-state index in [0.717, 1.165) is 22.4 Å². The number of carbonyl (C=O) groups is 2. The number of nitrogens with zero attached hydrogens (tertiary/aromatic N) is 1. The van der Waals surface area contributed by atoms with Gasteiger partial charge in [-0.15, -0.1) is 11.8 Å². The summed E-state index contributed by atoms with van der Waals surface area (Å²) in [6.07, 6.45) is 1.23. The molecule has 0 aliphatic heterocycles. The zero-order chi connectivity index (χ0) is 24.3. The van der Waals surface area contributed by atoms with Crippen LogP contribution in [0.1, 0.15) is 24.5 Å². The van der Waals surface area contributed by atoms with Gasteiger partial charge in [0.2, 0.25) is 11.8 Å². The van der Waals surface area contributed by atoms with Gasteiger partial charge in [-0.2, -0.15) is 0 Å². The lowest BCUT2D eigenvalue weighted by Crippen LogP contribution is -2.51. The molecular weight excluding hydrogens is 487 g/mol. The molecule has 1 N–H and O–H groups in total. The fourth-order valence-electron chi connectivity index (χ4n) is 3.50. The second-order valence-electron chi connectivity index (χ2n) is 7.87. The first-order valence-electron chi connectivity index (χ1n) is 11.2. The lowest BCUT2D eigenvalue weighted by atomic mass is 10.0. The molecule has 0 spiro atoms. The number of thioether (sulfide) groups is 1. The molecule has 0 radical (unpaired) electrons. The van der Waals surface area contributed by atoms with Crippen molar-refractivity contribution in [2.24, 2.45) is 0 Å². The summed E-state index contributed by atoms with van der Waals surface area (Å²) in [5.74, 6) is -0.0613. The van der Waals surface area contributed by atoms with E-state index < -0.39 is 6.04 Å². The van der Waals surface area contributed by atoms with Gasteiger partial charge in [-0.3, -0.25) is 9.59 Å². The molecule has 3 aromatic rings. The Kier molecular flexibility index (Phi) is 10.3. The topological polar surface area (TPSA) is 49.4 Å². The smallest absolute Gasteiger partial charge is 0.243 e. The van der Waals surface area contributed by atoms with E-state index in [0.29, 0.717) is 23.0 Å². The van der Waals surface area contributed by atoms with Crippen LogP contribution in [0, 0.1) is 0 Å². The average molecular weight is 516 g/mol. The van der Waals surface area contributed by atoms with E-state index >= 15 is 0 Å². The molecule has 0 unspecified atom stereocenters. The Balaban J connectivity index is 1.90. The zero-order valence-corrected chi connectivity index (χ0v) is 21.4. The second kappa shape index (κ2) is 13.4. The van der Waals surface area contributed by atoms with E-state index in [1.165, 1.54) is 11.8 Å². The van der Waals surface area contributed by atoms with Crippen LogP contribution in [-0.2, 0) is 22.6 Å². The van der Waals surface area contributed by atoms with Crippen molar-refractivity contribution in [2.45, 2.75) is 37.2 Å². The summed E-state index contributed by atoms with van der Waals surface area (Å²) in [6.45, 7) is 2.81. The van der Waals surface area contributed by atoms with Gasteiger partial charge < -0.3 is 10.2 Å². The molecule has 0 aromatic heterocycles. The maximum atomic E-state index is 13.5. The molecule has 0 aliphatic carbocycles. The largest absolute Gasteiger partial charge is 0.354 e. The molecule has 34 heavy (non-hydrogen) atoms. The Hall–Kier alpha value is -2.47. The van der Waals surface area contributed by atoms with Gasteiger partial charge in [0, 0.05) is 24.4 Å². The maximum absolute atomic E-state index is 13.5. The number of rotatable bonds is 11. The van der Waals surface area contributed by atoms with Gasteiger partial charge in [-0.05, 0) is 41.8 Å². The highest BCUT2D eigenvalue weighted by Gasteiger charge is 2.30. The summed E-state index contributed by atoms with van der Waals surface area (Å²) in [5.41, 5.74) is 1.80. The van der Waals surface area contributed by atoms with E-state index in [4.69, 9.17) is 23.2 Å². The van der Waals surface area contributed by atoms with Crippen LogP contribution in [0.25, 0.3) is 0 Å². The molecule has 0 saturated heterocycles. The van der Waals surface area contributed by atoms with Crippen molar-refractivity contribution < 1.29 is 9.59 Å². The van der Waals surface area contributed by atoms with Crippen LogP contribution in [0.4, 0.5) is 0 Å². The fourth-order valence-corrected chi connectivity index (χ4v) is 4.63. The van der Waals surface area contributed by atoms with Gasteiger partial charge in [-0.25, -0.2) is 0 Å². The molecule has 3 aromatic carbocycles. The standard InChI is InChI=1S/C27H28Cl2N2O2S/c1-2-15-30-27(33)25(17-20-9-5-3-6-10-20)31(18-21-13-14-23(28)24(29)16-21)26(32)19-34-22-11-7-4-8-12-22/h3-14,16,25H,2,15,17-19H2,1H3,(H,30,33)/t25-/m1/s1. The average Bonchev–Trinajstić information content (AvgIpc) is 2.86. The van der Waals surface area contributed by atoms with Gasteiger partial charge >= 0.3 is 0 Å². The number of benzene rings is 3. The minimum Gasteiger partial charge on any atom is -0.354 e. The zero-order valence-electron chi connectivity index (χ0n) is 19.0. The second-order valence-corrected chi connectivity index (χ2v) is 9.73. The van der Waals surface area contributed by atoms with E-state index in [-0.39, 0.29) is 24.1 Å². The number of halogens is 2. The van der Waals surface area contributed by atoms with Gasteiger partial charge in [0.25, 0.3) is 0 Å². The number of hydrogen-bond acceptors (Lipinski definition) is 3. The van der Waals surface area contributed by atoms with Crippen molar-refractivity contribution in [2.75, 3.05) is 12.3 Å². The van der Waals surface area contributed by atoms with Crippen molar-refractivity contribution in [3.05, 3.63) is 100 Å². The van der Waals surface area contributed by atoms with Crippen molar-refractivity contribution in [1.82, 2.24) is 10.2 Å². The van der Waals surface area contributed by atoms with Crippen LogP contribution in [-0.4, -0.2) is 35.1 Å². The summed E-state index contributed by atoms with van der Waals surface area (Å²) in [4.78, 5) is 29.5. The van der Waals surface area contributed by atoms with E-state index in [9.17, 15) is 9.59 Å². The predicted octanol–water partition coefficient (Wildman–Crippen LogP) is 6.25. The highest BCUT2D eigenvalue weighted by atomic mass is 35.5. The minimum atomic E-state index is -0.660. The first-order chi connectivity index (χ1) is 16.5. The Bertz CT molecular complexity index is 1080. The number of nitrogens with one attached hydrogen (secondary N) is 1. The molecule has 4 nitrogen and oxygen atoms in total. The van der Waals surface area contributed by atoms with Gasteiger partial charge in [0.05, 0.1) is 15.8 Å². The third-order valence-electron chi connectivity index (χ3n) is 5.26. The normalized spacial score (nSPS) is 11.6. The quantitative estimate of drug-likeness (QED) is 0.307. The molecule has 0 saturated carbocycles. The molecule has 7 heteroatoms. The van der Waals surface area contributed by atoms with Gasteiger partial charge in [-0.1, -0.05) is 84.7 Å². The fraction of sp³-hybridized carbons (Fsp3) is 0.259. The molecule has 0 fully saturated rings. The van der Waals surface area contributed by atoms with Crippen LogP contribution in [0.5, 0.6) is 0 Å². The lowest BCUT2D eigenvalue weighted by Gasteiger charge is -2.31. The first kappa shape index (κ1) is 26.1.